The highest BCUT2D eigenvalue weighted by Crippen LogP contribution is 2.29. The first-order valence-corrected chi connectivity index (χ1v) is 7.80. The topological polar surface area (TPSA) is 92.3 Å². The zero-order chi connectivity index (χ0) is 18.5. The smallest absolute Gasteiger partial charge is 0.186 e. The lowest BCUT2D eigenvalue weighted by molar-refractivity contribution is -0.339. The molecule has 1 aliphatic heterocycles. The normalized spacial score (nSPS) is 29.9. The van der Waals surface area contributed by atoms with Crippen LogP contribution in [0.3, 0.4) is 0 Å². The third-order valence-electron chi connectivity index (χ3n) is 3.44. The second kappa shape index (κ2) is 13.8. The first-order valence-electron chi connectivity index (χ1n) is 7.80. The van der Waals surface area contributed by atoms with Crippen molar-refractivity contribution in [2.45, 2.75) is 30.7 Å². The van der Waals surface area contributed by atoms with Crippen LogP contribution in [-0.2, 0) is 47.4 Å². The van der Waals surface area contributed by atoms with Crippen LogP contribution in [0.15, 0.2) is 0 Å². The standard InChI is InChI=1S/C15H30O10/c1-16-7-21-6-11-12(22-8-17-2)13(23-9-18-3)14(24-10-19-4)15(20-5)25-11/h11-15H,6-10H2,1-5H3/t11-,12-,13+,14-,15+/m1/s1. The Bertz CT molecular complexity index is 319. The molecule has 1 aliphatic rings. The van der Waals surface area contributed by atoms with E-state index >= 15 is 0 Å². The van der Waals surface area contributed by atoms with E-state index in [0.717, 1.165) is 0 Å². The summed E-state index contributed by atoms with van der Waals surface area (Å²) >= 11 is 0. The molecule has 1 fully saturated rings. The summed E-state index contributed by atoms with van der Waals surface area (Å²) in [6.45, 7) is 0.485. The minimum absolute atomic E-state index is 0.0442. The van der Waals surface area contributed by atoms with Gasteiger partial charge in [0.2, 0.25) is 0 Å². The van der Waals surface area contributed by atoms with Gasteiger partial charge in [0.15, 0.2) is 6.29 Å². The van der Waals surface area contributed by atoms with Gasteiger partial charge in [-0.2, -0.15) is 0 Å². The largest absolute Gasteiger partial charge is 0.359 e. The molecule has 1 heterocycles. The van der Waals surface area contributed by atoms with E-state index in [4.69, 9.17) is 47.4 Å². The number of rotatable bonds is 14. The van der Waals surface area contributed by atoms with E-state index in [1.807, 2.05) is 0 Å². The van der Waals surface area contributed by atoms with Gasteiger partial charge in [0, 0.05) is 35.5 Å². The summed E-state index contributed by atoms with van der Waals surface area (Å²) in [6.07, 6.45) is -2.88. The van der Waals surface area contributed by atoms with Crippen LogP contribution >= 0.6 is 0 Å². The molecule has 0 saturated carbocycles. The Morgan fingerprint density at radius 1 is 0.640 bits per heavy atom. The lowest BCUT2D eigenvalue weighted by atomic mass is 9.98. The summed E-state index contributed by atoms with van der Waals surface area (Å²) in [7, 11) is 7.64. The van der Waals surface area contributed by atoms with Crippen molar-refractivity contribution in [1.82, 2.24) is 0 Å². The Hall–Kier alpha value is -0.400. The van der Waals surface area contributed by atoms with E-state index in [-0.39, 0.29) is 33.8 Å². The third kappa shape index (κ3) is 7.39. The summed E-state index contributed by atoms with van der Waals surface area (Å²) in [5, 5.41) is 0. The second-order valence-electron chi connectivity index (χ2n) is 5.17. The Kier molecular flexibility index (Phi) is 12.5. The van der Waals surface area contributed by atoms with Crippen LogP contribution in [0.25, 0.3) is 0 Å². The fourth-order valence-corrected chi connectivity index (χ4v) is 2.46. The van der Waals surface area contributed by atoms with E-state index < -0.39 is 30.7 Å². The average molecular weight is 370 g/mol. The molecule has 0 aliphatic carbocycles. The molecule has 10 heteroatoms. The first kappa shape index (κ1) is 22.6. The van der Waals surface area contributed by atoms with Crippen LogP contribution in [0, 0.1) is 0 Å². The average Bonchev–Trinajstić information content (AvgIpc) is 2.63. The number of ether oxygens (including phenoxy) is 10. The van der Waals surface area contributed by atoms with Crippen molar-refractivity contribution in [3.63, 3.8) is 0 Å². The van der Waals surface area contributed by atoms with Crippen LogP contribution in [0.1, 0.15) is 0 Å². The number of hydrogen-bond acceptors (Lipinski definition) is 10. The van der Waals surface area contributed by atoms with Crippen LogP contribution in [0.4, 0.5) is 0 Å². The molecule has 0 radical (unpaired) electrons. The Morgan fingerprint density at radius 3 is 1.68 bits per heavy atom. The van der Waals surface area contributed by atoms with Crippen LogP contribution in [0.2, 0.25) is 0 Å². The predicted octanol–water partition coefficient (Wildman–Crippen LogP) is -0.0545. The molecule has 0 spiro atoms. The molecule has 150 valence electrons. The van der Waals surface area contributed by atoms with Gasteiger partial charge in [0.25, 0.3) is 0 Å². The van der Waals surface area contributed by atoms with Gasteiger partial charge in [-0.1, -0.05) is 0 Å². The summed E-state index contributed by atoms with van der Waals surface area (Å²) in [5.41, 5.74) is 0. The van der Waals surface area contributed by atoms with E-state index in [9.17, 15) is 0 Å². The molecular formula is C15H30O10. The summed E-state index contributed by atoms with van der Waals surface area (Å²) in [6, 6.07) is 0. The third-order valence-corrected chi connectivity index (χ3v) is 3.44. The van der Waals surface area contributed by atoms with Gasteiger partial charge in [-0.3, -0.25) is 0 Å². The molecule has 1 rings (SSSR count). The molecule has 0 amide bonds. The van der Waals surface area contributed by atoms with Crippen molar-refractivity contribution in [3.8, 4) is 0 Å². The van der Waals surface area contributed by atoms with Crippen molar-refractivity contribution < 1.29 is 47.4 Å². The molecular weight excluding hydrogens is 340 g/mol. The minimum Gasteiger partial charge on any atom is -0.359 e. The van der Waals surface area contributed by atoms with Gasteiger partial charge in [0.05, 0.1) is 6.61 Å². The van der Waals surface area contributed by atoms with Crippen molar-refractivity contribution in [3.05, 3.63) is 0 Å². The molecule has 0 N–H and O–H groups in total. The van der Waals surface area contributed by atoms with Gasteiger partial charge >= 0.3 is 0 Å². The van der Waals surface area contributed by atoms with Crippen molar-refractivity contribution in [2.75, 3.05) is 69.3 Å². The highest BCUT2D eigenvalue weighted by Gasteiger charge is 2.48. The van der Waals surface area contributed by atoms with Gasteiger partial charge in [0.1, 0.15) is 51.6 Å². The van der Waals surface area contributed by atoms with Crippen LogP contribution < -0.4 is 0 Å². The highest BCUT2D eigenvalue weighted by molar-refractivity contribution is 4.92. The highest BCUT2D eigenvalue weighted by atomic mass is 16.8. The van der Waals surface area contributed by atoms with E-state index in [0.29, 0.717) is 0 Å². The van der Waals surface area contributed by atoms with Crippen LogP contribution in [-0.4, -0.2) is 100 Å². The lowest BCUT2D eigenvalue weighted by Crippen LogP contribution is -2.62. The molecule has 0 bridgehead atoms. The molecule has 0 unspecified atom stereocenters. The van der Waals surface area contributed by atoms with E-state index in [2.05, 4.69) is 0 Å². The van der Waals surface area contributed by atoms with E-state index in [1.54, 1.807) is 0 Å². The van der Waals surface area contributed by atoms with Gasteiger partial charge in [-0.25, -0.2) is 0 Å². The zero-order valence-electron chi connectivity index (χ0n) is 15.5. The maximum atomic E-state index is 5.93. The minimum atomic E-state index is -0.699. The molecule has 25 heavy (non-hydrogen) atoms. The van der Waals surface area contributed by atoms with Gasteiger partial charge < -0.3 is 47.4 Å². The SMILES string of the molecule is COCOC[C@H]1O[C@H](OC)[C@H](OCOC)[C@@H](OCOC)[C@@H]1OCOC. The quantitative estimate of drug-likeness (QED) is 0.306. The van der Waals surface area contributed by atoms with Crippen molar-refractivity contribution in [1.29, 1.82) is 0 Å². The fraction of sp³-hybridized carbons (Fsp3) is 1.00. The monoisotopic (exact) mass is 370 g/mol. The molecule has 0 aromatic rings. The van der Waals surface area contributed by atoms with E-state index in [1.165, 1.54) is 35.5 Å². The van der Waals surface area contributed by atoms with Crippen molar-refractivity contribution in [2.24, 2.45) is 0 Å². The lowest BCUT2D eigenvalue weighted by Gasteiger charge is -2.44. The Morgan fingerprint density at radius 2 is 1.16 bits per heavy atom. The van der Waals surface area contributed by atoms with Crippen LogP contribution in [0.5, 0.6) is 0 Å². The second-order valence-corrected chi connectivity index (χ2v) is 5.17. The summed E-state index contributed by atoms with van der Waals surface area (Å²) in [5.74, 6) is 0. The summed E-state index contributed by atoms with van der Waals surface area (Å²) in [4.78, 5) is 0. The van der Waals surface area contributed by atoms with Gasteiger partial charge in [-0.15, -0.1) is 0 Å². The number of hydrogen-bond donors (Lipinski definition) is 0. The first-order chi connectivity index (χ1) is 12.2. The predicted molar refractivity (Wildman–Crippen MR) is 83.7 cm³/mol. The molecule has 10 nitrogen and oxygen atoms in total. The Labute approximate surface area is 148 Å². The Balaban J connectivity index is 2.93. The number of methoxy groups -OCH3 is 5. The fourth-order valence-electron chi connectivity index (χ4n) is 2.46. The maximum absolute atomic E-state index is 5.93. The zero-order valence-corrected chi connectivity index (χ0v) is 15.5. The molecule has 0 aromatic heterocycles. The summed E-state index contributed by atoms with van der Waals surface area (Å²) < 4.78 is 53.9. The molecule has 5 atom stereocenters. The molecule has 1 saturated heterocycles. The molecule has 0 aromatic carbocycles. The van der Waals surface area contributed by atoms with Gasteiger partial charge in [-0.05, 0) is 0 Å². The van der Waals surface area contributed by atoms with Crippen molar-refractivity contribution >= 4 is 0 Å². The maximum Gasteiger partial charge on any atom is 0.186 e.